The molecule has 2 heterocycles. The smallest absolute Gasteiger partial charge is 0.242 e. The minimum atomic E-state index is -3.47. The highest BCUT2D eigenvalue weighted by atomic mass is 32.2. The number of sulfonamides is 1. The van der Waals surface area contributed by atoms with E-state index in [1.807, 2.05) is 23.5 Å². The summed E-state index contributed by atoms with van der Waals surface area (Å²) in [5.41, 5.74) is 5.92. The quantitative estimate of drug-likeness (QED) is 0.429. The van der Waals surface area contributed by atoms with Crippen molar-refractivity contribution in [1.82, 2.24) is 18.9 Å². The molecule has 0 fully saturated rings. The SMILES string of the molecule is COc1cc(C)ccc1CCc1ccc(-c2ccc(S(=O)(=O)N(C)C)cc2)c2nncn12. The lowest BCUT2D eigenvalue weighted by Gasteiger charge is -2.13. The largest absolute Gasteiger partial charge is 0.496 e. The molecular weight excluding hydrogens is 424 g/mol. The van der Waals surface area contributed by atoms with Crippen LogP contribution in [0.3, 0.4) is 0 Å². The van der Waals surface area contributed by atoms with Crippen molar-refractivity contribution in [3.8, 4) is 16.9 Å². The van der Waals surface area contributed by atoms with E-state index in [2.05, 4.69) is 28.4 Å². The number of aryl methyl sites for hydroxylation is 3. The monoisotopic (exact) mass is 450 g/mol. The Morgan fingerprint density at radius 1 is 1.00 bits per heavy atom. The molecule has 0 N–H and O–H groups in total. The zero-order chi connectivity index (χ0) is 22.9. The van der Waals surface area contributed by atoms with E-state index < -0.39 is 10.0 Å². The van der Waals surface area contributed by atoms with E-state index in [0.717, 1.165) is 46.6 Å². The number of aromatic nitrogens is 3. The maximum absolute atomic E-state index is 12.3. The highest BCUT2D eigenvalue weighted by molar-refractivity contribution is 7.89. The maximum Gasteiger partial charge on any atom is 0.242 e. The molecule has 0 aliphatic rings. The van der Waals surface area contributed by atoms with Gasteiger partial charge in [0.25, 0.3) is 0 Å². The molecule has 0 aliphatic carbocycles. The van der Waals surface area contributed by atoms with Crippen molar-refractivity contribution in [3.05, 3.63) is 77.7 Å². The fourth-order valence-electron chi connectivity index (χ4n) is 3.73. The van der Waals surface area contributed by atoms with Gasteiger partial charge < -0.3 is 4.74 Å². The molecule has 2 aromatic carbocycles. The van der Waals surface area contributed by atoms with Gasteiger partial charge in [0.1, 0.15) is 12.1 Å². The molecule has 0 saturated carbocycles. The Kier molecular flexibility index (Phi) is 5.99. The number of nitrogens with zero attached hydrogens (tertiary/aromatic N) is 4. The average molecular weight is 451 g/mol. The fraction of sp³-hybridized carbons (Fsp3) is 0.250. The van der Waals surface area contributed by atoms with Crippen LogP contribution in [0.15, 0.2) is 65.8 Å². The van der Waals surface area contributed by atoms with E-state index in [-0.39, 0.29) is 4.90 Å². The minimum absolute atomic E-state index is 0.257. The van der Waals surface area contributed by atoms with Gasteiger partial charge in [0.2, 0.25) is 10.0 Å². The molecule has 0 amide bonds. The number of methoxy groups -OCH3 is 1. The van der Waals surface area contributed by atoms with Gasteiger partial charge in [-0.3, -0.25) is 4.40 Å². The summed E-state index contributed by atoms with van der Waals surface area (Å²) in [5, 5.41) is 8.43. The van der Waals surface area contributed by atoms with Gasteiger partial charge in [0.15, 0.2) is 5.65 Å². The molecule has 32 heavy (non-hydrogen) atoms. The fourth-order valence-corrected chi connectivity index (χ4v) is 4.63. The Morgan fingerprint density at radius 3 is 2.44 bits per heavy atom. The Hall–Kier alpha value is -3.23. The van der Waals surface area contributed by atoms with Gasteiger partial charge in [-0.25, -0.2) is 12.7 Å². The third-order valence-corrected chi connectivity index (χ3v) is 7.41. The van der Waals surface area contributed by atoms with Crippen LogP contribution in [0.5, 0.6) is 5.75 Å². The summed E-state index contributed by atoms with van der Waals surface area (Å²) in [7, 11) is 1.27. The summed E-state index contributed by atoms with van der Waals surface area (Å²) >= 11 is 0. The highest BCUT2D eigenvalue weighted by Crippen LogP contribution is 2.27. The van der Waals surface area contributed by atoms with Gasteiger partial charge >= 0.3 is 0 Å². The number of hydrogen-bond donors (Lipinski definition) is 0. The molecule has 0 radical (unpaired) electrons. The predicted octanol–water partition coefficient (Wildman–Crippen LogP) is 3.75. The van der Waals surface area contributed by atoms with Gasteiger partial charge in [0, 0.05) is 25.4 Å². The maximum atomic E-state index is 12.3. The summed E-state index contributed by atoms with van der Waals surface area (Å²) in [5.74, 6) is 0.898. The molecule has 166 valence electrons. The topological polar surface area (TPSA) is 76.8 Å². The summed E-state index contributed by atoms with van der Waals surface area (Å²) < 4.78 is 33.4. The van der Waals surface area contributed by atoms with Crippen molar-refractivity contribution >= 4 is 15.7 Å². The third-order valence-electron chi connectivity index (χ3n) is 5.58. The van der Waals surface area contributed by atoms with E-state index in [4.69, 9.17) is 4.74 Å². The van der Waals surface area contributed by atoms with Crippen molar-refractivity contribution < 1.29 is 13.2 Å². The Bertz CT molecular complexity index is 1360. The van der Waals surface area contributed by atoms with E-state index in [1.54, 1.807) is 37.7 Å². The molecule has 0 unspecified atom stereocenters. The van der Waals surface area contributed by atoms with Gasteiger partial charge in [-0.1, -0.05) is 24.3 Å². The van der Waals surface area contributed by atoms with Crippen molar-refractivity contribution in [3.63, 3.8) is 0 Å². The lowest BCUT2D eigenvalue weighted by Crippen LogP contribution is -2.22. The van der Waals surface area contributed by atoms with Crippen LogP contribution in [0.1, 0.15) is 16.8 Å². The third kappa shape index (κ3) is 4.11. The van der Waals surface area contributed by atoms with Gasteiger partial charge in [-0.05, 0) is 66.8 Å². The van der Waals surface area contributed by atoms with Crippen LogP contribution in [0.4, 0.5) is 0 Å². The van der Waals surface area contributed by atoms with Crippen LogP contribution in [0.2, 0.25) is 0 Å². The molecule has 2 aromatic heterocycles. The second-order valence-corrected chi connectivity index (χ2v) is 10.0. The number of benzene rings is 2. The highest BCUT2D eigenvalue weighted by Gasteiger charge is 2.17. The van der Waals surface area contributed by atoms with Crippen molar-refractivity contribution in [2.75, 3.05) is 21.2 Å². The molecule has 0 bridgehead atoms. The van der Waals surface area contributed by atoms with E-state index in [9.17, 15) is 8.42 Å². The molecule has 7 nitrogen and oxygen atoms in total. The van der Waals surface area contributed by atoms with Gasteiger partial charge in [-0.15, -0.1) is 10.2 Å². The van der Waals surface area contributed by atoms with Gasteiger partial charge in [-0.2, -0.15) is 0 Å². The van der Waals surface area contributed by atoms with Crippen LogP contribution in [-0.2, 0) is 22.9 Å². The summed E-state index contributed by atoms with van der Waals surface area (Å²) in [4.78, 5) is 0.257. The summed E-state index contributed by atoms with van der Waals surface area (Å²) in [6.45, 7) is 2.05. The van der Waals surface area contributed by atoms with E-state index in [0.29, 0.717) is 0 Å². The van der Waals surface area contributed by atoms with E-state index >= 15 is 0 Å². The predicted molar refractivity (Wildman–Crippen MR) is 124 cm³/mol. The first-order chi connectivity index (χ1) is 15.3. The Balaban J connectivity index is 1.63. The van der Waals surface area contributed by atoms with Gasteiger partial charge in [0.05, 0.1) is 12.0 Å². The van der Waals surface area contributed by atoms with Crippen LogP contribution in [0, 0.1) is 6.92 Å². The number of ether oxygens (including phenoxy) is 1. The van der Waals surface area contributed by atoms with Crippen LogP contribution in [0.25, 0.3) is 16.8 Å². The van der Waals surface area contributed by atoms with Crippen LogP contribution in [-0.4, -0.2) is 48.5 Å². The van der Waals surface area contributed by atoms with Crippen LogP contribution < -0.4 is 4.74 Å². The molecule has 4 aromatic rings. The average Bonchev–Trinajstić information content (AvgIpc) is 3.28. The molecule has 0 saturated heterocycles. The molecule has 0 atom stereocenters. The molecule has 8 heteroatoms. The zero-order valence-electron chi connectivity index (χ0n) is 18.6. The first-order valence-electron chi connectivity index (χ1n) is 10.3. The minimum Gasteiger partial charge on any atom is -0.496 e. The number of rotatable bonds is 7. The summed E-state index contributed by atoms with van der Waals surface area (Å²) in [6.07, 6.45) is 3.34. The van der Waals surface area contributed by atoms with E-state index in [1.165, 1.54) is 24.0 Å². The lowest BCUT2D eigenvalue weighted by atomic mass is 10.0. The Morgan fingerprint density at radius 2 is 1.75 bits per heavy atom. The lowest BCUT2D eigenvalue weighted by molar-refractivity contribution is 0.409. The van der Waals surface area contributed by atoms with Crippen molar-refractivity contribution in [1.29, 1.82) is 0 Å². The number of fused-ring (bicyclic) bond motifs is 1. The molecule has 0 spiro atoms. The van der Waals surface area contributed by atoms with Crippen molar-refractivity contribution in [2.24, 2.45) is 0 Å². The molecule has 4 rings (SSSR count). The van der Waals surface area contributed by atoms with Crippen LogP contribution >= 0.6 is 0 Å². The second kappa shape index (κ2) is 8.72. The van der Waals surface area contributed by atoms with Crippen molar-refractivity contribution in [2.45, 2.75) is 24.7 Å². The summed E-state index contributed by atoms with van der Waals surface area (Å²) in [6, 6.07) is 17.2. The molecular formula is C24H26N4O3S. The zero-order valence-corrected chi connectivity index (χ0v) is 19.4. The number of hydrogen-bond acceptors (Lipinski definition) is 5. The second-order valence-electron chi connectivity index (χ2n) is 7.89. The molecule has 0 aliphatic heterocycles. The first kappa shape index (κ1) is 22.0. The standard InChI is InChI=1S/C24H26N4O3S/c1-17-5-6-19(23(15-17)31-4)7-10-20-11-14-22(24-26-25-16-28(20)24)18-8-12-21(13-9-18)32(29,30)27(2)3/h5-6,8-9,11-16H,7,10H2,1-4H3. The normalized spacial score (nSPS) is 11.9. The first-order valence-corrected chi connectivity index (χ1v) is 11.7. The Labute approximate surface area is 188 Å². The number of pyridine rings is 1.